The van der Waals surface area contributed by atoms with Gasteiger partial charge in [-0.3, -0.25) is 0 Å². The fourth-order valence-corrected chi connectivity index (χ4v) is 3.89. The standard InChI is InChI=1S/C21H18N2S/c1-14-10-11-20-19(12-14)15(2)22-21(23-20)24-13-17-8-5-7-16-6-3-4-9-18(16)17/h3-12H,13H2,1-2H3. The van der Waals surface area contributed by atoms with Crippen LogP contribution in [-0.4, -0.2) is 9.97 Å². The van der Waals surface area contributed by atoms with Crippen molar-refractivity contribution in [2.75, 3.05) is 0 Å². The topological polar surface area (TPSA) is 25.8 Å². The lowest BCUT2D eigenvalue weighted by atomic mass is 10.1. The molecule has 0 radical (unpaired) electrons. The molecule has 3 aromatic carbocycles. The molecule has 4 aromatic rings. The third-order valence-corrected chi connectivity index (χ3v) is 5.15. The summed E-state index contributed by atoms with van der Waals surface area (Å²) in [5, 5.41) is 4.57. The number of aryl methyl sites for hydroxylation is 2. The lowest BCUT2D eigenvalue weighted by molar-refractivity contribution is 0.968. The van der Waals surface area contributed by atoms with Gasteiger partial charge in [-0.2, -0.15) is 0 Å². The summed E-state index contributed by atoms with van der Waals surface area (Å²) in [5.41, 5.74) is 4.63. The average Bonchev–Trinajstić information content (AvgIpc) is 2.60. The third-order valence-electron chi connectivity index (χ3n) is 4.26. The maximum absolute atomic E-state index is 4.72. The third kappa shape index (κ3) is 2.87. The summed E-state index contributed by atoms with van der Waals surface area (Å²) in [6.45, 7) is 4.16. The highest BCUT2D eigenvalue weighted by Crippen LogP contribution is 2.27. The highest BCUT2D eigenvalue weighted by molar-refractivity contribution is 7.98. The number of hydrogen-bond donors (Lipinski definition) is 0. The molecule has 0 saturated heterocycles. The van der Waals surface area contributed by atoms with E-state index in [0.717, 1.165) is 27.5 Å². The summed E-state index contributed by atoms with van der Waals surface area (Å²) in [6.07, 6.45) is 0. The van der Waals surface area contributed by atoms with Crippen LogP contribution < -0.4 is 0 Å². The quantitative estimate of drug-likeness (QED) is 0.356. The van der Waals surface area contributed by atoms with Gasteiger partial charge in [-0.1, -0.05) is 65.9 Å². The molecular formula is C21H18N2S. The molecule has 0 N–H and O–H groups in total. The molecule has 1 aromatic heterocycles. The van der Waals surface area contributed by atoms with Gasteiger partial charge in [0.1, 0.15) is 0 Å². The normalized spacial score (nSPS) is 11.2. The van der Waals surface area contributed by atoms with Gasteiger partial charge in [0.2, 0.25) is 0 Å². The van der Waals surface area contributed by atoms with E-state index in [9.17, 15) is 0 Å². The van der Waals surface area contributed by atoms with Crippen molar-refractivity contribution in [1.82, 2.24) is 9.97 Å². The lowest BCUT2D eigenvalue weighted by Gasteiger charge is -2.08. The first-order chi connectivity index (χ1) is 11.7. The fourth-order valence-electron chi connectivity index (χ4n) is 2.99. The van der Waals surface area contributed by atoms with E-state index in [1.54, 1.807) is 11.8 Å². The summed E-state index contributed by atoms with van der Waals surface area (Å²) in [6, 6.07) is 21.3. The van der Waals surface area contributed by atoms with Gasteiger partial charge in [0, 0.05) is 16.8 Å². The Bertz CT molecular complexity index is 1040. The number of nitrogens with zero attached hydrogens (tertiary/aromatic N) is 2. The second kappa shape index (κ2) is 6.25. The minimum atomic E-state index is 0.844. The van der Waals surface area contributed by atoms with E-state index in [1.165, 1.54) is 21.9 Å². The molecule has 0 amide bonds. The van der Waals surface area contributed by atoms with Crippen LogP contribution in [-0.2, 0) is 5.75 Å². The molecule has 0 spiro atoms. The molecule has 118 valence electrons. The first kappa shape index (κ1) is 15.2. The molecule has 4 rings (SSSR count). The van der Waals surface area contributed by atoms with Gasteiger partial charge in [-0.05, 0) is 42.3 Å². The molecule has 24 heavy (non-hydrogen) atoms. The van der Waals surface area contributed by atoms with Crippen LogP contribution in [0.2, 0.25) is 0 Å². The molecule has 0 aliphatic heterocycles. The Hall–Kier alpha value is -2.39. The van der Waals surface area contributed by atoms with Crippen molar-refractivity contribution in [3.05, 3.63) is 77.5 Å². The van der Waals surface area contributed by atoms with Crippen molar-refractivity contribution in [3.8, 4) is 0 Å². The first-order valence-electron chi connectivity index (χ1n) is 8.05. The Morgan fingerprint density at radius 3 is 2.58 bits per heavy atom. The van der Waals surface area contributed by atoms with Crippen LogP contribution >= 0.6 is 11.8 Å². The SMILES string of the molecule is Cc1ccc2nc(SCc3cccc4ccccc34)nc(C)c2c1. The maximum Gasteiger partial charge on any atom is 0.188 e. The van der Waals surface area contributed by atoms with Gasteiger partial charge in [0.05, 0.1) is 5.52 Å². The number of hydrogen-bond acceptors (Lipinski definition) is 3. The van der Waals surface area contributed by atoms with Crippen LogP contribution in [0.15, 0.2) is 65.8 Å². The van der Waals surface area contributed by atoms with Crippen LogP contribution in [0.4, 0.5) is 0 Å². The maximum atomic E-state index is 4.72. The number of aromatic nitrogens is 2. The second-order valence-electron chi connectivity index (χ2n) is 6.04. The fraction of sp³-hybridized carbons (Fsp3) is 0.143. The van der Waals surface area contributed by atoms with E-state index in [1.807, 2.05) is 0 Å². The molecule has 0 atom stereocenters. The molecule has 0 saturated carbocycles. The zero-order valence-corrected chi connectivity index (χ0v) is 14.6. The van der Waals surface area contributed by atoms with E-state index in [4.69, 9.17) is 4.98 Å². The minimum absolute atomic E-state index is 0.844. The molecule has 0 aliphatic carbocycles. The molecule has 1 heterocycles. The molecule has 0 bridgehead atoms. The number of rotatable bonds is 3. The second-order valence-corrected chi connectivity index (χ2v) is 6.98. The van der Waals surface area contributed by atoms with Crippen LogP contribution in [0, 0.1) is 13.8 Å². The summed E-state index contributed by atoms with van der Waals surface area (Å²) in [7, 11) is 0. The Balaban J connectivity index is 1.66. The van der Waals surface area contributed by atoms with Crippen molar-refractivity contribution >= 4 is 33.4 Å². The van der Waals surface area contributed by atoms with E-state index in [2.05, 4.69) is 79.5 Å². The van der Waals surface area contributed by atoms with Crippen LogP contribution in [0.3, 0.4) is 0 Å². The molecule has 2 nitrogen and oxygen atoms in total. The number of fused-ring (bicyclic) bond motifs is 2. The lowest BCUT2D eigenvalue weighted by Crippen LogP contribution is -1.94. The van der Waals surface area contributed by atoms with Crippen LogP contribution in [0.1, 0.15) is 16.8 Å². The minimum Gasteiger partial charge on any atom is -0.227 e. The Morgan fingerprint density at radius 2 is 1.67 bits per heavy atom. The largest absolute Gasteiger partial charge is 0.227 e. The van der Waals surface area contributed by atoms with Gasteiger partial charge in [-0.25, -0.2) is 9.97 Å². The molecule has 0 fully saturated rings. The average molecular weight is 330 g/mol. The van der Waals surface area contributed by atoms with E-state index >= 15 is 0 Å². The summed E-state index contributed by atoms with van der Waals surface area (Å²) >= 11 is 1.70. The number of benzene rings is 3. The highest BCUT2D eigenvalue weighted by atomic mass is 32.2. The van der Waals surface area contributed by atoms with Gasteiger partial charge in [-0.15, -0.1) is 0 Å². The molecule has 3 heteroatoms. The Kier molecular flexibility index (Phi) is 3.95. The predicted molar refractivity (Wildman–Crippen MR) is 103 cm³/mol. The van der Waals surface area contributed by atoms with Crippen LogP contribution in [0.25, 0.3) is 21.7 Å². The highest BCUT2D eigenvalue weighted by Gasteiger charge is 2.07. The van der Waals surface area contributed by atoms with Gasteiger partial charge in [0.25, 0.3) is 0 Å². The van der Waals surface area contributed by atoms with Gasteiger partial charge in [0.15, 0.2) is 5.16 Å². The molecule has 0 aliphatic rings. The van der Waals surface area contributed by atoms with Gasteiger partial charge >= 0.3 is 0 Å². The monoisotopic (exact) mass is 330 g/mol. The van der Waals surface area contributed by atoms with Gasteiger partial charge < -0.3 is 0 Å². The van der Waals surface area contributed by atoms with E-state index in [0.29, 0.717) is 0 Å². The molecular weight excluding hydrogens is 312 g/mol. The summed E-state index contributed by atoms with van der Waals surface area (Å²) < 4.78 is 0. The summed E-state index contributed by atoms with van der Waals surface area (Å²) in [4.78, 5) is 9.41. The van der Waals surface area contributed by atoms with E-state index < -0.39 is 0 Å². The zero-order chi connectivity index (χ0) is 16.5. The van der Waals surface area contributed by atoms with Crippen molar-refractivity contribution in [1.29, 1.82) is 0 Å². The number of thioether (sulfide) groups is 1. The Morgan fingerprint density at radius 1 is 0.833 bits per heavy atom. The Labute approximate surface area is 146 Å². The van der Waals surface area contributed by atoms with E-state index in [-0.39, 0.29) is 0 Å². The summed E-state index contributed by atoms with van der Waals surface area (Å²) in [5.74, 6) is 0.873. The van der Waals surface area contributed by atoms with Crippen molar-refractivity contribution in [2.24, 2.45) is 0 Å². The predicted octanol–water partition coefficient (Wildman–Crippen LogP) is 5.69. The smallest absolute Gasteiger partial charge is 0.188 e. The first-order valence-corrected chi connectivity index (χ1v) is 9.04. The van der Waals surface area contributed by atoms with Crippen molar-refractivity contribution < 1.29 is 0 Å². The van der Waals surface area contributed by atoms with Crippen molar-refractivity contribution in [2.45, 2.75) is 24.8 Å². The molecule has 0 unspecified atom stereocenters. The van der Waals surface area contributed by atoms with Crippen LogP contribution in [0.5, 0.6) is 0 Å². The van der Waals surface area contributed by atoms with Crippen molar-refractivity contribution in [3.63, 3.8) is 0 Å². The zero-order valence-electron chi connectivity index (χ0n) is 13.8.